The lowest BCUT2D eigenvalue weighted by Crippen LogP contribution is -2.39. The molecule has 0 fully saturated rings. The molecule has 132 valence electrons. The molecule has 0 saturated carbocycles. The lowest BCUT2D eigenvalue weighted by molar-refractivity contribution is -0.130. The number of carbonyl (C=O) groups is 2. The van der Waals surface area contributed by atoms with Crippen LogP contribution in [0.15, 0.2) is 43.0 Å². The molecule has 6 nitrogen and oxygen atoms in total. The van der Waals surface area contributed by atoms with E-state index in [9.17, 15) is 14.7 Å². The first kappa shape index (κ1) is 19.9. The summed E-state index contributed by atoms with van der Waals surface area (Å²) in [7, 11) is 0. The van der Waals surface area contributed by atoms with Crippen LogP contribution < -0.4 is 10.6 Å². The molecule has 1 rings (SSSR count). The summed E-state index contributed by atoms with van der Waals surface area (Å²) in [6.07, 6.45) is 1.14. The van der Waals surface area contributed by atoms with Gasteiger partial charge in [-0.1, -0.05) is 36.4 Å². The van der Waals surface area contributed by atoms with E-state index in [1.807, 2.05) is 18.2 Å². The first-order chi connectivity index (χ1) is 11.5. The molecule has 1 aromatic carbocycles. The van der Waals surface area contributed by atoms with E-state index in [0.29, 0.717) is 12.0 Å². The molecular weight excluding hydrogens is 308 g/mol. The van der Waals surface area contributed by atoms with E-state index in [-0.39, 0.29) is 37.4 Å². The Balaban J connectivity index is 2.53. The Kier molecular flexibility index (Phi) is 8.75. The summed E-state index contributed by atoms with van der Waals surface area (Å²) in [6, 6.07) is 8.68. The van der Waals surface area contributed by atoms with Gasteiger partial charge in [0.1, 0.15) is 0 Å². The van der Waals surface area contributed by atoms with Gasteiger partial charge in [-0.3, -0.25) is 9.59 Å². The predicted octanol–water partition coefficient (Wildman–Crippen LogP) is 0.916. The Labute approximate surface area is 142 Å². The van der Waals surface area contributed by atoms with Gasteiger partial charge in [0.05, 0.1) is 18.6 Å². The van der Waals surface area contributed by atoms with Gasteiger partial charge in [0.15, 0.2) is 0 Å². The highest BCUT2D eigenvalue weighted by molar-refractivity contribution is 5.86. The van der Waals surface area contributed by atoms with Gasteiger partial charge in [-0.05, 0) is 18.9 Å². The van der Waals surface area contributed by atoms with Crippen molar-refractivity contribution < 1.29 is 19.8 Å². The van der Waals surface area contributed by atoms with E-state index in [0.717, 1.165) is 0 Å². The number of allylic oxidation sites excluding steroid dienone is 1. The summed E-state index contributed by atoms with van der Waals surface area (Å²) < 4.78 is 0. The quantitative estimate of drug-likeness (QED) is 0.478. The van der Waals surface area contributed by atoms with Crippen LogP contribution in [-0.2, 0) is 9.59 Å². The highest BCUT2D eigenvalue weighted by atomic mass is 16.3. The van der Waals surface area contributed by atoms with E-state index in [4.69, 9.17) is 5.11 Å². The van der Waals surface area contributed by atoms with E-state index < -0.39 is 12.0 Å². The minimum atomic E-state index is -0.803. The van der Waals surface area contributed by atoms with Crippen molar-refractivity contribution in [1.82, 2.24) is 10.6 Å². The van der Waals surface area contributed by atoms with Crippen molar-refractivity contribution in [3.63, 3.8) is 0 Å². The Bertz CT molecular complexity index is 533. The van der Waals surface area contributed by atoms with Crippen molar-refractivity contribution in [2.24, 2.45) is 5.92 Å². The van der Waals surface area contributed by atoms with Crippen LogP contribution in [-0.4, -0.2) is 41.2 Å². The third-order valence-corrected chi connectivity index (χ3v) is 3.59. The van der Waals surface area contributed by atoms with E-state index in [1.54, 1.807) is 25.1 Å². The van der Waals surface area contributed by atoms with Crippen molar-refractivity contribution >= 4 is 11.8 Å². The number of amides is 2. The number of aliphatic hydroxyl groups is 2. The van der Waals surface area contributed by atoms with Crippen LogP contribution >= 0.6 is 0 Å². The van der Waals surface area contributed by atoms with Crippen molar-refractivity contribution in [2.45, 2.75) is 31.9 Å². The summed E-state index contributed by atoms with van der Waals surface area (Å²) >= 11 is 0. The average molecular weight is 334 g/mol. The molecule has 0 aliphatic carbocycles. The molecule has 2 amide bonds. The third kappa shape index (κ3) is 6.93. The number of rotatable bonds is 10. The van der Waals surface area contributed by atoms with Gasteiger partial charge < -0.3 is 20.8 Å². The van der Waals surface area contributed by atoms with Gasteiger partial charge in [0.25, 0.3) is 0 Å². The molecular formula is C18H26N2O4. The second-order valence-electron chi connectivity index (χ2n) is 5.75. The zero-order chi connectivity index (χ0) is 17.9. The topological polar surface area (TPSA) is 98.7 Å². The fraction of sp³-hybridized carbons (Fsp3) is 0.444. The molecule has 3 atom stereocenters. The summed E-state index contributed by atoms with van der Waals surface area (Å²) in [4.78, 5) is 24.1. The van der Waals surface area contributed by atoms with E-state index >= 15 is 0 Å². The number of hydrogen-bond acceptors (Lipinski definition) is 4. The van der Waals surface area contributed by atoms with Crippen LogP contribution in [0.4, 0.5) is 0 Å². The fourth-order valence-corrected chi connectivity index (χ4v) is 2.22. The van der Waals surface area contributed by atoms with Crippen molar-refractivity contribution in [3.8, 4) is 0 Å². The SMILES string of the molecule is C=CC[C@H](CC(=O)N[C@H](C)CO)C(=O)NC[C@H](O)c1ccccc1. The van der Waals surface area contributed by atoms with E-state index in [1.165, 1.54) is 0 Å². The largest absolute Gasteiger partial charge is 0.394 e. The zero-order valence-electron chi connectivity index (χ0n) is 13.9. The molecule has 24 heavy (non-hydrogen) atoms. The third-order valence-electron chi connectivity index (χ3n) is 3.59. The lowest BCUT2D eigenvalue weighted by Gasteiger charge is -2.18. The summed E-state index contributed by atoms with van der Waals surface area (Å²) in [5.41, 5.74) is 0.715. The molecule has 0 aliphatic rings. The molecule has 0 saturated heterocycles. The Hall–Kier alpha value is -2.18. The highest BCUT2D eigenvalue weighted by Crippen LogP contribution is 2.13. The monoisotopic (exact) mass is 334 g/mol. The summed E-state index contributed by atoms with van der Waals surface area (Å²) in [5.74, 6) is -1.17. The fourth-order valence-electron chi connectivity index (χ4n) is 2.22. The number of carbonyl (C=O) groups excluding carboxylic acids is 2. The normalized spacial score (nSPS) is 14.3. The van der Waals surface area contributed by atoms with Crippen molar-refractivity contribution in [2.75, 3.05) is 13.2 Å². The molecule has 4 N–H and O–H groups in total. The molecule has 0 bridgehead atoms. The molecule has 0 radical (unpaired) electrons. The van der Waals surface area contributed by atoms with Crippen molar-refractivity contribution in [1.29, 1.82) is 0 Å². The minimum Gasteiger partial charge on any atom is -0.394 e. The van der Waals surface area contributed by atoms with Crippen LogP contribution in [0.5, 0.6) is 0 Å². The van der Waals surface area contributed by atoms with Crippen LogP contribution in [0.25, 0.3) is 0 Å². The molecule has 1 aromatic rings. The Morgan fingerprint density at radius 1 is 1.29 bits per heavy atom. The lowest BCUT2D eigenvalue weighted by atomic mass is 9.99. The molecule has 0 spiro atoms. The van der Waals surface area contributed by atoms with Crippen LogP contribution in [0.2, 0.25) is 0 Å². The van der Waals surface area contributed by atoms with Gasteiger partial charge in [-0.25, -0.2) is 0 Å². The number of benzene rings is 1. The Morgan fingerprint density at radius 3 is 2.54 bits per heavy atom. The number of aliphatic hydroxyl groups excluding tert-OH is 2. The maximum Gasteiger partial charge on any atom is 0.224 e. The van der Waals surface area contributed by atoms with Crippen LogP contribution in [0, 0.1) is 5.92 Å². The number of hydrogen-bond donors (Lipinski definition) is 4. The van der Waals surface area contributed by atoms with Gasteiger partial charge in [0, 0.05) is 19.0 Å². The van der Waals surface area contributed by atoms with E-state index in [2.05, 4.69) is 17.2 Å². The smallest absolute Gasteiger partial charge is 0.224 e. The highest BCUT2D eigenvalue weighted by Gasteiger charge is 2.22. The minimum absolute atomic E-state index is 0.00360. The molecule has 0 aromatic heterocycles. The van der Waals surface area contributed by atoms with Gasteiger partial charge in [0.2, 0.25) is 11.8 Å². The van der Waals surface area contributed by atoms with Crippen LogP contribution in [0.3, 0.4) is 0 Å². The molecule has 0 unspecified atom stereocenters. The Morgan fingerprint density at radius 2 is 1.96 bits per heavy atom. The summed E-state index contributed by atoms with van der Waals surface area (Å²) in [5, 5.41) is 24.3. The van der Waals surface area contributed by atoms with Crippen LogP contribution in [0.1, 0.15) is 31.4 Å². The second kappa shape index (κ2) is 10.6. The molecule has 6 heteroatoms. The second-order valence-corrected chi connectivity index (χ2v) is 5.75. The zero-order valence-corrected chi connectivity index (χ0v) is 13.9. The maximum absolute atomic E-state index is 12.3. The summed E-state index contributed by atoms with van der Waals surface area (Å²) in [6.45, 7) is 5.20. The van der Waals surface area contributed by atoms with Gasteiger partial charge in [-0.2, -0.15) is 0 Å². The first-order valence-electron chi connectivity index (χ1n) is 7.99. The average Bonchev–Trinajstić information content (AvgIpc) is 2.59. The molecule has 0 heterocycles. The van der Waals surface area contributed by atoms with Crippen molar-refractivity contribution in [3.05, 3.63) is 48.6 Å². The number of nitrogens with one attached hydrogen (secondary N) is 2. The standard InChI is InChI=1S/C18H26N2O4/c1-3-7-15(10-17(23)20-13(2)12-21)18(24)19-11-16(22)14-8-5-4-6-9-14/h3-6,8-9,13,15-16,21-22H,1,7,10-12H2,2H3,(H,19,24)(H,20,23)/t13-,15-,16+/m1/s1. The van der Waals surface area contributed by atoms with Gasteiger partial charge >= 0.3 is 0 Å². The molecule has 0 aliphatic heterocycles. The van der Waals surface area contributed by atoms with Gasteiger partial charge in [-0.15, -0.1) is 6.58 Å². The maximum atomic E-state index is 12.3. The predicted molar refractivity (Wildman–Crippen MR) is 92.0 cm³/mol. The first-order valence-corrected chi connectivity index (χ1v) is 7.99.